The molecular weight excluding hydrogens is 292 g/mol. The molecule has 0 fully saturated rings. The molecule has 2 rings (SSSR count). The third-order valence-electron chi connectivity index (χ3n) is 3.21. The van der Waals surface area contributed by atoms with Crippen molar-refractivity contribution in [1.82, 2.24) is 15.3 Å². The maximum Gasteiger partial charge on any atom is 0.323 e. The lowest BCUT2D eigenvalue weighted by Crippen LogP contribution is -2.37. The van der Waals surface area contributed by atoms with Gasteiger partial charge in [-0.3, -0.25) is 4.79 Å². The molecule has 0 aliphatic carbocycles. The summed E-state index contributed by atoms with van der Waals surface area (Å²) in [5, 5.41) is 2.83. The average Bonchev–Trinajstić information content (AvgIpc) is 2.77. The van der Waals surface area contributed by atoms with Crippen molar-refractivity contribution in [1.29, 1.82) is 0 Å². The summed E-state index contributed by atoms with van der Waals surface area (Å²) < 4.78 is 0. The number of carbonyl (C=O) groups is 1. The Bertz CT molecular complexity index is 650. The molecule has 1 atom stereocenters. The highest BCUT2D eigenvalue weighted by molar-refractivity contribution is 5.85. The van der Waals surface area contributed by atoms with Crippen molar-refractivity contribution in [3.8, 4) is 0 Å². The second kappa shape index (κ2) is 7.85. The Morgan fingerprint density at radius 1 is 1.33 bits per heavy atom. The molecule has 0 aliphatic heterocycles. The molecule has 2 aromatic rings. The van der Waals surface area contributed by atoms with Crippen LogP contribution in [0.5, 0.6) is 0 Å². The van der Waals surface area contributed by atoms with E-state index < -0.39 is 0 Å². The molecule has 1 aromatic heterocycles. The minimum atomic E-state index is -0.202. The first-order valence-corrected chi connectivity index (χ1v) is 6.79. The van der Waals surface area contributed by atoms with Gasteiger partial charge in [-0.25, -0.2) is 4.79 Å². The quantitative estimate of drug-likeness (QED) is 0.641. The zero-order valence-electron chi connectivity index (χ0n) is 11.9. The number of aryl methyl sites for hydroxylation is 1. The number of fused-ring (bicyclic) bond motifs is 1. The predicted molar refractivity (Wildman–Crippen MR) is 85.8 cm³/mol. The molecule has 1 heterocycles. The fourth-order valence-corrected chi connectivity index (χ4v) is 2.09. The van der Waals surface area contributed by atoms with Gasteiger partial charge in [-0.2, -0.15) is 0 Å². The first-order valence-electron chi connectivity index (χ1n) is 6.79. The number of aromatic nitrogens is 2. The highest BCUT2D eigenvalue weighted by Crippen LogP contribution is 2.12. The Labute approximate surface area is 128 Å². The van der Waals surface area contributed by atoms with Gasteiger partial charge in [-0.15, -0.1) is 12.4 Å². The van der Waals surface area contributed by atoms with Crippen LogP contribution in [0, 0.1) is 0 Å². The molecule has 0 spiro atoms. The number of nitrogens with one attached hydrogen (secondary N) is 3. The molecule has 21 heavy (non-hydrogen) atoms. The van der Waals surface area contributed by atoms with Gasteiger partial charge < -0.3 is 21.0 Å². The van der Waals surface area contributed by atoms with E-state index in [9.17, 15) is 9.59 Å². The van der Waals surface area contributed by atoms with E-state index in [-0.39, 0.29) is 30.0 Å². The van der Waals surface area contributed by atoms with E-state index >= 15 is 0 Å². The van der Waals surface area contributed by atoms with Crippen LogP contribution in [0.3, 0.4) is 0 Å². The Balaban J connectivity index is 0.00000220. The number of H-pyrrole nitrogens is 2. The Morgan fingerprint density at radius 3 is 2.76 bits per heavy atom. The fourth-order valence-electron chi connectivity index (χ4n) is 2.09. The highest BCUT2D eigenvalue weighted by Gasteiger charge is 2.06. The van der Waals surface area contributed by atoms with Gasteiger partial charge in [-0.1, -0.05) is 6.07 Å². The smallest absolute Gasteiger partial charge is 0.323 e. The summed E-state index contributed by atoms with van der Waals surface area (Å²) >= 11 is 0. The molecule has 0 bridgehead atoms. The zero-order valence-corrected chi connectivity index (χ0v) is 12.8. The third kappa shape index (κ3) is 4.91. The lowest BCUT2D eigenvalue weighted by Gasteiger charge is -2.10. The highest BCUT2D eigenvalue weighted by atomic mass is 35.5. The third-order valence-corrected chi connectivity index (χ3v) is 3.21. The van der Waals surface area contributed by atoms with Crippen molar-refractivity contribution in [3.63, 3.8) is 0 Å². The van der Waals surface area contributed by atoms with E-state index in [1.807, 2.05) is 25.1 Å². The van der Waals surface area contributed by atoms with Crippen LogP contribution in [0.4, 0.5) is 0 Å². The summed E-state index contributed by atoms with van der Waals surface area (Å²) in [4.78, 5) is 28.2. The van der Waals surface area contributed by atoms with Crippen LogP contribution in [0.15, 0.2) is 23.0 Å². The molecule has 0 unspecified atom stereocenters. The number of rotatable bonds is 6. The molecule has 7 heteroatoms. The van der Waals surface area contributed by atoms with Gasteiger partial charge in [0.15, 0.2) is 0 Å². The van der Waals surface area contributed by atoms with Gasteiger partial charge in [0.25, 0.3) is 0 Å². The Morgan fingerprint density at radius 2 is 2.05 bits per heavy atom. The van der Waals surface area contributed by atoms with Crippen molar-refractivity contribution in [2.24, 2.45) is 5.73 Å². The number of hydrogen-bond acceptors (Lipinski definition) is 3. The summed E-state index contributed by atoms with van der Waals surface area (Å²) in [6, 6.07) is 5.79. The van der Waals surface area contributed by atoms with Crippen LogP contribution < -0.4 is 16.7 Å². The van der Waals surface area contributed by atoms with Crippen LogP contribution in [0.2, 0.25) is 0 Å². The summed E-state index contributed by atoms with van der Waals surface area (Å²) in [7, 11) is 0. The van der Waals surface area contributed by atoms with E-state index in [4.69, 9.17) is 5.73 Å². The Kier molecular flexibility index (Phi) is 6.45. The number of aromatic amines is 2. The Hall–Kier alpha value is -1.79. The first-order chi connectivity index (χ1) is 9.58. The van der Waals surface area contributed by atoms with Crippen LogP contribution in [0.25, 0.3) is 11.0 Å². The molecule has 116 valence electrons. The molecule has 0 saturated heterocycles. The normalized spacial score (nSPS) is 11.9. The number of imidazole rings is 1. The van der Waals surface area contributed by atoms with Gasteiger partial charge in [0.2, 0.25) is 5.91 Å². The van der Waals surface area contributed by atoms with Crippen molar-refractivity contribution in [2.75, 3.05) is 6.54 Å². The summed E-state index contributed by atoms with van der Waals surface area (Å²) in [5.74, 6) is 0.0269. The van der Waals surface area contributed by atoms with E-state index in [2.05, 4.69) is 15.3 Å². The number of hydrogen-bond donors (Lipinski definition) is 4. The predicted octanol–water partition coefficient (Wildman–Crippen LogP) is 1.06. The van der Waals surface area contributed by atoms with Crippen molar-refractivity contribution in [2.45, 2.75) is 32.2 Å². The maximum absolute atomic E-state index is 11.6. The van der Waals surface area contributed by atoms with Gasteiger partial charge >= 0.3 is 5.69 Å². The van der Waals surface area contributed by atoms with Crippen molar-refractivity contribution in [3.05, 3.63) is 34.2 Å². The maximum atomic E-state index is 11.6. The monoisotopic (exact) mass is 312 g/mol. The number of halogens is 1. The topological polar surface area (TPSA) is 104 Å². The number of benzene rings is 1. The standard InChI is InChI=1S/C14H20N4O2.ClH/c1-9(8-15)16-13(19)4-2-3-10-5-6-11-12(7-10)18-14(20)17-11;/h5-7,9H,2-4,8,15H2,1H3,(H,16,19)(H2,17,18,20);1H/t9-;/m0./s1. The summed E-state index contributed by atoms with van der Waals surface area (Å²) in [5.41, 5.74) is 7.95. The van der Waals surface area contributed by atoms with Gasteiger partial charge in [0.05, 0.1) is 11.0 Å². The average molecular weight is 313 g/mol. The first kappa shape index (κ1) is 17.3. The fraction of sp³-hybridized carbons (Fsp3) is 0.429. The lowest BCUT2D eigenvalue weighted by atomic mass is 10.1. The van der Waals surface area contributed by atoms with Crippen LogP contribution in [0.1, 0.15) is 25.3 Å². The van der Waals surface area contributed by atoms with Crippen LogP contribution in [-0.2, 0) is 11.2 Å². The van der Waals surface area contributed by atoms with E-state index in [0.717, 1.165) is 29.4 Å². The molecule has 5 N–H and O–H groups in total. The molecule has 0 aliphatic rings. The van der Waals surface area contributed by atoms with Crippen LogP contribution >= 0.6 is 12.4 Å². The molecule has 1 amide bonds. The second-order valence-corrected chi connectivity index (χ2v) is 5.02. The summed E-state index contributed by atoms with van der Waals surface area (Å²) in [6.45, 7) is 2.33. The second-order valence-electron chi connectivity index (χ2n) is 5.02. The van der Waals surface area contributed by atoms with Crippen molar-refractivity contribution < 1.29 is 4.79 Å². The van der Waals surface area contributed by atoms with Crippen molar-refractivity contribution >= 4 is 29.3 Å². The molecule has 6 nitrogen and oxygen atoms in total. The van der Waals surface area contributed by atoms with E-state index in [1.54, 1.807) is 0 Å². The number of amides is 1. The number of nitrogens with two attached hydrogens (primary N) is 1. The zero-order chi connectivity index (χ0) is 14.5. The molecule has 0 saturated carbocycles. The largest absolute Gasteiger partial charge is 0.352 e. The van der Waals surface area contributed by atoms with Crippen LogP contribution in [-0.4, -0.2) is 28.5 Å². The molecule has 0 radical (unpaired) electrons. The molecule has 1 aromatic carbocycles. The minimum absolute atomic E-state index is 0. The van der Waals surface area contributed by atoms with E-state index in [1.165, 1.54) is 0 Å². The van der Waals surface area contributed by atoms with Gasteiger partial charge in [0.1, 0.15) is 0 Å². The minimum Gasteiger partial charge on any atom is -0.352 e. The van der Waals surface area contributed by atoms with E-state index in [0.29, 0.717) is 13.0 Å². The number of carbonyl (C=O) groups excluding carboxylic acids is 1. The SMILES string of the molecule is C[C@@H](CN)NC(=O)CCCc1ccc2[nH]c(=O)[nH]c2c1.Cl. The van der Waals surface area contributed by atoms with Gasteiger partial charge in [0, 0.05) is 19.0 Å². The summed E-state index contributed by atoms with van der Waals surface area (Å²) in [6.07, 6.45) is 2.04. The van der Waals surface area contributed by atoms with Gasteiger partial charge in [-0.05, 0) is 37.5 Å². The lowest BCUT2D eigenvalue weighted by molar-refractivity contribution is -0.121. The molecular formula is C14H21ClN4O2.